The van der Waals surface area contributed by atoms with Crippen LogP contribution in [0.2, 0.25) is 0 Å². The minimum absolute atomic E-state index is 0.296. The monoisotopic (exact) mass is 432 g/mol. The van der Waals surface area contributed by atoms with Crippen LogP contribution >= 0.6 is 11.3 Å². The minimum atomic E-state index is -4.98. The summed E-state index contributed by atoms with van der Waals surface area (Å²) in [6.45, 7) is 2.96. The molecule has 2 amide bonds. The molecule has 0 radical (unpaired) electrons. The van der Waals surface area contributed by atoms with Crippen molar-refractivity contribution in [1.82, 2.24) is 20.2 Å². The molecule has 0 aliphatic rings. The first kappa shape index (κ1) is 22.9. The first-order valence-corrected chi connectivity index (χ1v) is 9.74. The Morgan fingerprint density at radius 1 is 1.34 bits per heavy atom. The number of nitrogens with one attached hydrogen (secondary N) is 2. The fourth-order valence-corrected chi connectivity index (χ4v) is 3.40. The van der Waals surface area contributed by atoms with E-state index in [9.17, 15) is 27.9 Å². The largest absolute Gasteiger partial charge is 0.424 e. The van der Waals surface area contributed by atoms with Crippen LogP contribution in [0.25, 0.3) is 0 Å². The first-order chi connectivity index (χ1) is 13.5. The van der Waals surface area contributed by atoms with Gasteiger partial charge in [0.05, 0.1) is 4.88 Å². The third-order valence-electron chi connectivity index (χ3n) is 4.43. The van der Waals surface area contributed by atoms with Crippen molar-refractivity contribution in [1.29, 1.82) is 0 Å². The molecular formula is C18H23F3N4O3S. The third-order valence-corrected chi connectivity index (χ3v) is 5.30. The molecule has 0 spiro atoms. The fourth-order valence-electron chi connectivity index (χ4n) is 2.78. The molecule has 11 heteroatoms. The lowest BCUT2D eigenvalue weighted by molar-refractivity contribution is -0.272. The summed E-state index contributed by atoms with van der Waals surface area (Å²) in [5, 5.41) is 17.0. The number of hydrogen-bond acceptors (Lipinski definition) is 5. The summed E-state index contributed by atoms with van der Waals surface area (Å²) in [5.41, 5.74) is -3.22. The van der Waals surface area contributed by atoms with Gasteiger partial charge in [0.15, 0.2) is 0 Å². The molecular weight excluding hydrogens is 409 g/mol. The maximum absolute atomic E-state index is 13.5. The molecule has 0 aliphatic heterocycles. The van der Waals surface area contributed by atoms with Crippen LogP contribution < -0.4 is 10.6 Å². The normalized spacial score (nSPS) is 15.0. The van der Waals surface area contributed by atoms with Crippen LogP contribution in [0.4, 0.5) is 13.2 Å². The van der Waals surface area contributed by atoms with Gasteiger partial charge in [0.2, 0.25) is 11.5 Å². The Bertz CT molecular complexity index is 836. The Morgan fingerprint density at radius 2 is 2.03 bits per heavy atom. The third kappa shape index (κ3) is 5.15. The molecule has 2 aromatic rings. The number of imidazole rings is 1. The van der Waals surface area contributed by atoms with E-state index in [1.807, 2.05) is 0 Å². The van der Waals surface area contributed by atoms with Crippen molar-refractivity contribution in [2.45, 2.75) is 38.1 Å². The Labute approximate surface area is 169 Å². The zero-order chi connectivity index (χ0) is 21.8. The van der Waals surface area contributed by atoms with Gasteiger partial charge in [-0.2, -0.15) is 13.2 Å². The number of carbonyl (C=O) groups is 2. The second kappa shape index (κ2) is 8.95. The van der Waals surface area contributed by atoms with E-state index in [4.69, 9.17) is 0 Å². The smallest absolute Gasteiger partial charge is 0.374 e. The van der Waals surface area contributed by atoms with Gasteiger partial charge in [0.1, 0.15) is 11.9 Å². The van der Waals surface area contributed by atoms with Crippen LogP contribution in [-0.4, -0.2) is 45.2 Å². The van der Waals surface area contributed by atoms with Gasteiger partial charge in [0, 0.05) is 32.4 Å². The van der Waals surface area contributed by atoms with Gasteiger partial charge in [-0.25, -0.2) is 4.98 Å². The Kier molecular flexibility index (Phi) is 7.06. The number of alkyl halides is 3. The van der Waals surface area contributed by atoms with Gasteiger partial charge in [-0.05, 0) is 17.4 Å². The highest BCUT2D eigenvalue weighted by Gasteiger charge is 2.57. The fraction of sp³-hybridized carbons (Fsp3) is 0.500. The summed E-state index contributed by atoms with van der Waals surface area (Å²) in [5.74, 6) is -1.93. The van der Waals surface area contributed by atoms with Crippen molar-refractivity contribution in [3.05, 3.63) is 40.6 Å². The van der Waals surface area contributed by atoms with E-state index in [-0.39, 0.29) is 5.92 Å². The molecule has 3 N–H and O–H groups in total. The van der Waals surface area contributed by atoms with Gasteiger partial charge in [0.25, 0.3) is 5.91 Å². The summed E-state index contributed by atoms with van der Waals surface area (Å²) >= 11 is 1.21. The molecule has 0 aromatic carbocycles. The van der Waals surface area contributed by atoms with Crippen LogP contribution in [0.15, 0.2) is 29.9 Å². The number of aryl methyl sites for hydroxylation is 1. The second-order valence-corrected chi connectivity index (χ2v) is 7.88. The minimum Gasteiger partial charge on any atom is -0.374 e. The van der Waals surface area contributed by atoms with Gasteiger partial charge < -0.3 is 20.3 Å². The number of rotatable bonds is 8. The molecule has 0 saturated carbocycles. The predicted molar refractivity (Wildman–Crippen MR) is 101 cm³/mol. The van der Waals surface area contributed by atoms with Crippen molar-refractivity contribution >= 4 is 23.2 Å². The molecule has 2 aromatic heterocycles. The number of carbonyl (C=O) groups excluding carboxylic acids is 2. The Balaban J connectivity index is 2.05. The quantitative estimate of drug-likeness (QED) is 0.596. The number of aromatic nitrogens is 2. The number of thiophene rings is 1. The van der Waals surface area contributed by atoms with Crippen molar-refractivity contribution in [3.63, 3.8) is 0 Å². The average Bonchev–Trinajstić information content (AvgIpc) is 3.29. The molecule has 0 aliphatic carbocycles. The standard InChI is InChI=1S/C18H23F3N4O3S/c1-11(2)13(24-14(26)12-5-4-10-29-12)15(27)22-7-6-17(28,18(19,20)21)16-23-8-9-25(16)3/h4-5,8-11,13,28H,6-7H2,1-3H3,(H,22,27)(H,24,26)/t13-,17+/m1/s1. The molecule has 0 bridgehead atoms. The Morgan fingerprint density at radius 3 is 2.52 bits per heavy atom. The number of amides is 2. The van der Waals surface area contributed by atoms with E-state index < -0.39 is 48.4 Å². The first-order valence-electron chi connectivity index (χ1n) is 8.86. The van der Waals surface area contributed by atoms with Crippen LogP contribution in [0.3, 0.4) is 0 Å². The molecule has 2 atom stereocenters. The van der Waals surface area contributed by atoms with E-state index in [0.29, 0.717) is 4.88 Å². The van der Waals surface area contributed by atoms with E-state index in [2.05, 4.69) is 15.6 Å². The van der Waals surface area contributed by atoms with Crippen molar-refractivity contribution < 1.29 is 27.9 Å². The highest BCUT2D eigenvalue weighted by atomic mass is 32.1. The van der Waals surface area contributed by atoms with E-state index in [1.54, 1.807) is 31.4 Å². The SMILES string of the molecule is CC(C)[C@@H](NC(=O)c1cccs1)C(=O)NCC[C@](O)(c1nccn1C)C(F)(F)F. The summed E-state index contributed by atoms with van der Waals surface area (Å²) in [4.78, 5) is 28.7. The second-order valence-electron chi connectivity index (χ2n) is 6.93. The molecule has 2 heterocycles. The summed E-state index contributed by atoms with van der Waals surface area (Å²) in [6, 6.07) is 2.36. The van der Waals surface area contributed by atoms with Crippen LogP contribution in [-0.2, 0) is 17.4 Å². The van der Waals surface area contributed by atoms with Crippen LogP contribution in [0, 0.1) is 5.92 Å². The molecule has 0 fully saturated rings. The molecule has 7 nitrogen and oxygen atoms in total. The van der Waals surface area contributed by atoms with E-state index in [0.717, 1.165) is 10.8 Å². The molecule has 2 rings (SSSR count). The maximum atomic E-state index is 13.5. The lowest BCUT2D eigenvalue weighted by Crippen LogP contribution is -2.51. The summed E-state index contributed by atoms with van der Waals surface area (Å²) in [7, 11) is 1.34. The maximum Gasteiger partial charge on any atom is 0.424 e. The van der Waals surface area contributed by atoms with Gasteiger partial charge in [-0.15, -0.1) is 11.3 Å². The lowest BCUT2D eigenvalue weighted by Gasteiger charge is -2.30. The van der Waals surface area contributed by atoms with Gasteiger partial charge in [-0.3, -0.25) is 9.59 Å². The molecule has 160 valence electrons. The topological polar surface area (TPSA) is 96.2 Å². The predicted octanol–water partition coefficient (Wildman–Crippen LogP) is 2.19. The highest BCUT2D eigenvalue weighted by Crippen LogP contribution is 2.40. The average molecular weight is 432 g/mol. The highest BCUT2D eigenvalue weighted by molar-refractivity contribution is 7.12. The summed E-state index contributed by atoms with van der Waals surface area (Å²) in [6.07, 6.45) is -3.36. The number of hydrogen-bond donors (Lipinski definition) is 3. The number of halogens is 3. The summed E-state index contributed by atoms with van der Waals surface area (Å²) < 4.78 is 41.6. The Hall–Kier alpha value is -2.40. The number of nitrogens with zero attached hydrogens (tertiary/aromatic N) is 2. The van der Waals surface area contributed by atoms with Crippen LogP contribution in [0.1, 0.15) is 35.8 Å². The zero-order valence-corrected chi connectivity index (χ0v) is 17.0. The van der Waals surface area contributed by atoms with Crippen molar-refractivity contribution in [2.24, 2.45) is 13.0 Å². The van der Waals surface area contributed by atoms with E-state index >= 15 is 0 Å². The van der Waals surface area contributed by atoms with E-state index in [1.165, 1.54) is 24.6 Å². The van der Waals surface area contributed by atoms with Gasteiger partial charge in [-0.1, -0.05) is 19.9 Å². The van der Waals surface area contributed by atoms with Crippen molar-refractivity contribution in [3.8, 4) is 0 Å². The van der Waals surface area contributed by atoms with Crippen molar-refractivity contribution in [2.75, 3.05) is 6.54 Å². The molecule has 29 heavy (non-hydrogen) atoms. The molecule has 0 unspecified atom stereocenters. The van der Waals surface area contributed by atoms with Crippen LogP contribution in [0.5, 0.6) is 0 Å². The van der Waals surface area contributed by atoms with Gasteiger partial charge >= 0.3 is 6.18 Å². The lowest BCUT2D eigenvalue weighted by atomic mass is 9.97. The number of aliphatic hydroxyl groups is 1. The zero-order valence-electron chi connectivity index (χ0n) is 16.2. The molecule has 0 saturated heterocycles.